The number of carbonyl (C=O) groups excluding carboxylic acids is 1. The van der Waals surface area contributed by atoms with Gasteiger partial charge in [0.25, 0.3) is 0 Å². The van der Waals surface area contributed by atoms with E-state index in [0.717, 1.165) is 37.2 Å². The Morgan fingerprint density at radius 1 is 1.33 bits per heavy atom. The number of hydrogen-bond acceptors (Lipinski definition) is 3. The van der Waals surface area contributed by atoms with Gasteiger partial charge in [0.1, 0.15) is 11.6 Å². The predicted octanol–water partition coefficient (Wildman–Crippen LogP) is 2.83. The van der Waals surface area contributed by atoms with Crippen LogP contribution in [0.3, 0.4) is 0 Å². The number of carbonyl (C=O) groups is 1. The van der Waals surface area contributed by atoms with Gasteiger partial charge in [0, 0.05) is 31.1 Å². The number of Topliss-reactive ketones (excluding diaryl/α,β-unsaturated/α-hetero) is 1. The Balaban J connectivity index is 2.19. The number of benzene rings is 1. The molecule has 1 aromatic rings. The van der Waals surface area contributed by atoms with Gasteiger partial charge in [0.2, 0.25) is 0 Å². The molecule has 1 aliphatic rings. The monoisotopic (exact) mass is 290 g/mol. The van der Waals surface area contributed by atoms with E-state index in [-0.39, 0.29) is 23.6 Å². The Kier molecular flexibility index (Phi) is 5.12. The van der Waals surface area contributed by atoms with Gasteiger partial charge >= 0.3 is 0 Å². The van der Waals surface area contributed by atoms with E-state index >= 15 is 0 Å². The Labute approximate surface area is 125 Å². The molecule has 2 rings (SSSR count). The fraction of sp³-hybridized carbons (Fsp3) is 0.471. The number of nitrogens with two attached hydrogens (primary N) is 1. The third-order valence-corrected chi connectivity index (χ3v) is 4.14. The number of hydrogen-bond donors (Lipinski definition) is 1. The lowest BCUT2D eigenvalue weighted by Crippen LogP contribution is -2.38. The second kappa shape index (κ2) is 6.85. The average Bonchev–Trinajstić information content (AvgIpc) is 2.98. The lowest BCUT2D eigenvalue weighted by atomic mass is 9.86. The van der Waals surface area contributed by atoms with Crippen LogP contribution in [0.15, 0.2) is 36.5 Å². The lowest BCUT2D eigenvalue weighted by molar-refractivity contribution is -0.117. The standard InChI is InChI=1S/C17H23FN2O/c1-12(21)11-16(14-5-7-15(18)8-6-14)17(19)13(2)20-9-3-4-10-20/h5-8,16-17H,2-4,9-11,19H2,1H3. The maximum atomic E-state index is 13.1. The molecule has 0 aliphatic carbocycles. The highest BCUT2D eigenvalue weighted by atomic mass is 19.1. The number of likely N-dealkylation sites (tertiary alicyclic amines) is 1. The fourth-order valence-electron chi connectivity index (χ4n) is 2.92. The van der Waals surface area contributed by atoms with Gasteiger partial charge in [-0.1, -0.05) is 18.7 Å². The summed E-state index contributed by atoms with van der Waals surface area (Å²) in [6.45, 7) is 7.63. The van der Waals surface area contributed by atoms with Crippen LogP contribution in [0.1, 0.15) is 37.7 Å². The molecular formula is C17H23FN2O. The molecule has 2 atom stereocenters. The van der Waals surface area contributed by atoms with Gasteiger partial charge in [-0.25, -0.2) is 4.39 Å². The molecule has 1 heterocycles. The first-order valence-electron chi connectivity index (χ1n) is 7.43. The minimum absolute atomic E-state index is 0.0778. The molecule has 0 spiro atoms. The zero-order valence-corrected chi connectivity index (χ0v) is 12.5. The fourth-order valence-corrected chi connectivity index (χ4v) is 2.92. The van der Waals surface area contributed by atoms with E-state index in [4.69, 9.17) is 5.73 Å². The number of halogens is 1. The van der Waals surface area contributed by atoms with Gasteiger partial charge in [-0.2, -0.15) is 0 Å². The molecule has 0 radical (unpaired) electrons. The van der Waals surface area contributed by atoms with Crippen LogP contribution in [0.2, 0.25) is 0 Å². The minimum atomic E-state index is -0.322. The zero-order chi connectivity index (χ0) is 15.4. The summed E-state index contributed by atoms with van der Waals surface area (Å²) < 4.78 is 13.1. The quantitative estimate of drug-likeness (QED) is 0.876. The molecule has 114 valence electrons. The first kappa shape index (κ1) is 15.7. The number of ketones is 1. The largest absolute Gasteiger partial charge is 0.374 e. The summed E-state index contributed by atoms with van der Waals surface area (Å²) >= 11 is 0. The maximum absolute atomic E-state index is 13.1. The van der Waals surface area contributed by atoms with E-state index in [9.17, 15) is 9.18 Å². The summed E-state index contributed by atoms with van der Waals surface area (Å²) in [5.74, 6) is -0.363. The van der Waals surface area contributed by atoms with Crippen molar-refractivity contribution in [3.8, 4) is 0 Å². The molecule has 1 saturated heterocycles. The number of rotatable bonds is 6. The summed E-state index contributed by atoms with van der Waals surface area (Å²) in [5.41, 5.74) is 8.14. The van der Waals surface area contributed by atoms with Crippen molar-refractivity contribution < 1.29 is 9.18 Å². The van der Waals surface area contributed by atoms with Crippen molar-refractivity contribution in [3.63, 3.8) is 0 Å². The molecule has 2 unspecified atom stereocenters. The Morgan fingerprint density at radius 2 is 1.90 bits per heavy atom. The molecule has 1 aromatic carbocycles. The first-order valence-corrected chi connectivity index (χ1v) is 7.43. The summed E-state index contributed by atoms with van der Waals surface area (Å²) in [4.78, 5) is 13.8. The van der Waals surface area contributed by atoms with Crippen LogP contribution in [-0.4, -0.2) is 29.8 Å². The Morgan fingerprint density at radius 3 is 2.43 bits per heavy atom. The van der Waals surface area contributed by atoms with E-state index in [1.807, 2.05) is 0 Å². The van der Waals surface area contributed by atoms with Gasteiger partial charge in [0.15, 0.2) is 0 Å². The van der Waals surface area contributed by atoms with Crippen LogP contribution in [0.4, 0.5) is 4.39 Å². The van der Waals surface area contributed by atoms with E-state index in [1.165, 1.54) is 12.1 Å². The molecule has 0 amide bonds. The summed E-state index contributed by atoms with van der Waals surface area (Å²) in [6, 6.07) is 5.92. The van der Waals surface area contributed by atoms with Gasteiger partial charge in [-0.3, -0.25) is 0 Å². The molecule has 3 nitrogen and oxygen atoms in total. The third kappa shape index (κ3) is 3.91. The van der Waals surface area contributed by atoms with E-state index < -0.39 is 0 Å². The van der Waals surface area contributed by atoms with Crippen molar-refractivity contribution in [1.82, 2.24) is 4.90 Å². The van der Waals surface area contributed by atoms with Crippen molar-refractivity contribution in [2.45, 2.75) is 38.1 Å². The van der Waals surface area contributed by atoms with E-state index in [2.05, 4.69) is 11.5 Å². The first-order chi connectivity index (χ1) is 9.99. The topological polar surface area (TPSA) is 46.3 Å². The number of nitrogens with zero attached hydrogens (tertiary/aromatic N) is 1. The van der Waals surface area contributed by atoms with E-state index in [0.29, 0.717) is 6.42 Å². The normalized spacial score (nSPS) is 17.6. The molecule has 0 bridgehead atoms. The Bertz CT molecular complexity index is 506. The molecule has 4 heteroatoms. The van der Waals surface area contributed by atoms with Crippen molar-refractivity contribution in [2.24, 2.45) is 5.73 Å². The van der Waals surface area contributed by atoms with Gasteiger partial charge in [-0.15, -0.1) is 0 Å². The van der Waals surface area contributed by atoms with Crippen LogP contribution < -0.4 is 5.73 Å². The molecular weight excluding hydrogens is 267 g/mol. The van der Waals surface area contributed by atoms with Gasteiger partial charge in [-0.05, 0) is 37.5 Å². The second-order valence-corrected chi connectivity index (χ2v) is 5.78. The summed E-state index contributed by atoms with van der Waals surface area (Å²) in [5, 5.41) is 0. The van der Waals surface area contributed by atoms with Crippen molar-refractivity contribution in [1.29, 1.82) is 0 Å². The highest BCUT2D eigenvalue weighted by Gasteiger charge is 2.27. The summed E-state index contributed by atoms with van der Waals surface area (Å²) in [6.07, 6.45) is 2.65. The zero-order valence-electron chi connectivity index (χ0n) is 12.5. The van der Waals surface area contributed by atoms with Crippen molar-refractivity contribution in [3.05, 3.63) is 47.9 Å². The van der Waals surface area contributed by atoms with Gasteiger partial charge < -0.3 is 15.4 Å². The highest BCUT2D eigenvalue weighted by molar-refractivity contribution is 5.76. The predicted molar refractivity (Wildman–Crippen MR) is 82.4 cm³/mol. The molecule has 2 N–H and O–H groups in total. The van der Waals surface area contributed by atoms with Crippen LogP contribution >= 0.6 is 0 Å². The summed E-state index contributed by atoms with van der Waals surface area (Å²) in [7, 11) is 0. The molecule has 0 aromatic heterocycles. The van der Waals surface area contributed by atoms with Crippen molar-refractivity contribution >= 4 is 5.78 Å². The van der Waals surface area contributed by atoms with Crippen molar-refractivity contribution in [2.75, 3.05) is 13.1 Å². The molecule has 0 saturated carbocycles. The van der Waals surface area contributed by atoms with Crippen LogP contribution in [0.25, 0.3) is 0 Å². The van der Waals surface area contributed by atoms with Crippen LogP contribution in [-0.2, 0) is 4.79 Å². The average molecular weight is 290 g/mol. The third-order valence-electron chi connectivity index (χ3n) is 4.14. The van der Waals surface area contributed by atoms with Crippen LogP contribution in [0, 0.1) is 5.82 Å². The second-order valence-electron chi connectivity index (χ2n) is 5.78. The molecule has 1 aliphatic heterocycles. The minimum Gasteiger partial charge on any atom is -0.374 e. The molecule has 21 heavy (non-hydrogen) atoms. The highest BCUT2D eigenvalue weighted by Crippen LogP contribution is 2.29. The smallest absolute Gasteiger partial charge is 0.130 e. The Hall–Kier alpha value is -1.68. The SMILES string of the molecule is C=C(C(N)C(CC(C)=O)c1ccc(F)cc1)N1CCCC1. The maximum Gasteiger partial charge on any atom is 0.130 e. The van der Waals surface area contributed by atoms with Crippen LogP contribution in [0.5, 0.6) is 0 Å². The van der Waals surface area contributed by atoms with Gasteiger partial charge in [0.05, 0.1) is 6.04 Å². The molecule has 1 fully saturated rings. The lowest BCUT2D eigenvalue weighted by Gasteiger charge is -2.31. The van der Waals surface area contributed by atoms with E-state index in [1.54, 1.807) is 19.1 Å².